The summed E-state index contributed by atoms with van der Waals surface area (Å²) in [5.74, 6) is 1.05. The van der Waals surface area contributed by atoms with Crippen LogP contribution in [0.3, 0.4) is 0 Å². The topological polar surface area (TPSA) is 44.8 Å². The number of ether oxygens (including phenoxy) is 1. The third-order valence-electron chi connectivity index (χ3n) is 4.53. The van der Waals surface area contributed by atoms with Crippen LogP contribution >= 0.6 is 0 Å². The third-order valence-corrected chi connectivity index (χ3v) is 4.53. The summed E-state index contributed by atoms with van der Waals surface area (Å²) in [4.78, 5) is 16.7. The van der Waals surface area contributed by atoms with E-state index in [1.54, 1.807) is 7.11 Å². The molecule has 1 saturated heterocycles. The van der Waals surface area contributed by atoms with Crippen LogP contribution in [0.15, 0.2) is 24.3 Å². The molecule has 0 radical (unpaired) electrons. The molecule has 1 amide bonds. The van der Waals surface area contributed by atoms with E-state index in [4.69, 9.17) is 4.74 Å². The number of nitrogens with one attached hydrogen (secondary N) is 1. The quantitative estimate of drug-likeness (QED) is 0.791. The van der Waals surface area contributed by atoms with E-state index in [1.807, 2.05) is 12.1 Å². The summed E-state index contributed by atoms with van der Waals surface area (Å²) in [6.07, 6.45) is 2.15. The van der Waals surface area contributed by atoms with Crippen LogP contribution in [-0.2, 0) is 11.3 Å². The first kappa shape index (κ1) is 18.7. The highest BCUT2D eigenvalue weighted by Crippen LogP contribution is 2.14. The van der Waals surface area contributed by atoms with Crippen LogP contribution in [0.5, 0.6) is 5.75 Å². The Bertz CT molecular complexity index is 496. The molecule has 1 aliphatic rings. The Labute approximate surface area is 146 Å². The van der Waals surface area contributed by atoms with E-state index in [2.05, 4.69) is 41.1 Å². The van der Waals surface area contributed by atoms with Gasteiger partial charge in [0.15, 0.2) is 0 Å². The predicted octanol–water partition coefficient (Wildman–Crippen LogP) is 2.12. The number of hydrogen-bond donors (Lipinski definition) is 1. The maximum absolute atomic E-state index is 12.1. The van der Waals surface area contributed by atoms with Crippen LogP contribution in [0.2, 0.25) is 0 Å². The molecule has 1 fully saturated rings. The van der Waals surface area contributed by atoms with Crippen molar-refractivity contribution in [2.45, 2.75) is 39.3 Å². The Morgan fingerprint density at radius 1 is 1.17 bits per heavy atom. The van der Waals surface area contributed by atoms with Crippen molar-refractivity contribution in [2.75, 3.05) is 39.8 Å². The van der Waals surface area contributed by atoms with Gasteiger partial charge in [0.05, 0.1) is 13.7 Å². The summed E-state index contributed by atoms with van der Waals surface area (Å²) in [6, 6.07) is 8.53. The fourth-order valence-electron chi connectivity index (χ4n) is 3.12. The molecule has 0 aromatic heterocycles. The molecule has 0 bridgehead atoms. The first-order chi connectivity index (χ1) is 11.6. The van der Waals surface area contributed by atoms with Crippen LogP contribution in [0.4, 0.5) is 0 Å². The monoisotopic (exact) mass is 333 g/mol. The van der Waals surface area contributed by atoms with Crippen molar-refractivity contribution >= 4 is 5.91 Å². The lowest BCUT2D eigenvalue weighted by atomic mass is 10.2. The summed E-state index contributed by atoms with van der Waals surface area (Å²) in [5, 5.41) is 3.08. The van der Waals surface area contributed by atoms with Gasteiger partial charge in [-0.25, -0.2) is 0 Å². The molecule has 1 aromatic carbocycles. The van der Waals surface area contributed by atoms with E-state index in [0.29, 0.717) is 6.54 Å². The van der Waals surface area contributed by atoms with Crippen LogP contribution in [0, 0.1) is 0 Å². The van der Waals surface area contributed by atoms with Crippen molar-refractivity contribution in [3.05, 3.63) is 29.8 Å². The average Bonchev–Trinajstić information content (AvgIpc) is 2.57. The maximum atomic E-state index is 12.1. The molecule has 1 aromatic rings. The molecule has 5 nitrogen and oxygen atoms in total. The minimum atomic E-state index is 0.152. The minimum absolute atomic E-state index is 0.152. The molecule has 0 spiro atoms. The summed E-state index contributed by atoms with van der Waals surface area (Å²) >= 11 is 0. The highest BCUT2D eigenvalue weighted by Gasteiger charge is 2.19. The number of benzene rings is 1. The Balaban J connectivity index is 1.69. The number of hydrogen-bond acceptors (Lipinski definition) is 4. The first-order valence-electron chi connectivity index (χ1n) is 8.97. The molecule has 0 aliphatic carbocycles. The fraction of sp³-hybridized carbons (Fsp3) is 0.632. The van der Waals surface area contributed by atoms with Crippen LogP contribution in [0.25, 0.3) is 0 Å². The second-order valence-electron chi connectivity index (χ2n) is 6.66. The van der Waals surface area contributed by atoms with Crippen LogP contribution in [0.1, 0.15) is 32.3 Å². The lowest BCUT2D eigenvalue weighted by Crippen LogP contribution is -2.49. The molecule has 24 heavy (non-hydrogen) atoms. The zero-order chi connectivity index (χ0) is 17.4. The van der Waals surface area contributed by atoms with Gasteiger partial charge in [-0.05, 0) is 31.0 Å². The highest BCUT2D eigenvalue weighted by atomic mass is 16.5. The van der Waals surface area contributed by atoms with Crippen LogP contribution in [-0.4, -0.2) is 61.6 Å². The Morgan fingerprint density at radius 3 is 2.38 bits per heavy atom. The van der Waals surface area contributed by atoms with Gasteiger partial charge < -0.3 is 10.1 Å². The summed E-state index contributed by atoms with van der Waals surface area (Å²) < 4.78 is 5.19. The predicted molar refractivity (Wildman–Crippen MR) is 97.2 cm³/mol. The molecule has 1 N–H and O–H groups in total. The number of methoxy groups -OCH3 is 1. The van der Waals surface area contributed by atoms with Gasteiger partial charge >= 0.3 is 0 Å². The summed E-state index contributed by atoms with van der Waals surface area (Å²) in [5.41, 5.74) is 1.30. The maximum Gasteiger partial charge on any atom is 0.234 e. The van der Waals surface area contributed by atoms with Crippen molar-refractivity contribution < 1.29 is 9.53 Å². The lowest BCUT2D eigenvalue weighted by Gasteiger charge is -2.34. The van der Waals surface area contributed by atoms with Gasteiger partial charge in [-0.3, -0.25) is 14.6 Å². The number of nitrogens with zero attached hydrogens (tertiary/aromatic N) is 2. The molecule has 0 saturated carbocycles. The number of amides is 1. The van der Waals surface area contributed by atoms with Crippen molar-refractivity contribution in [3.63, 3.8) is 0 Å². The molecule has 2 rings (SSSR count). The minimum Gasteiger partial charge on any atom is -0.497 e. The zero-order valence-electron chi connectivity index (χ0n) is 15.3. The summed E-state index contributed by atoms with van der Waals surface area (Å²) in [7, 11) is 1.69. The Hall–Kier alpha value is -1.59. The largest absolute Gasteiger partial charge is 0.497 e. The molecule has 1 atom stereocenters. The molecule has 134 valence electrons. The highest BCUT2D eigenvalue weighted by molar-refractivity contribution is 5.78. The first-order valence-corrected chi connectivity index (χ1v) is 8.97. The van der Waals surface area contributed by atoms with Gasteiger partial charge in [0.1, 0.15) is 5.75 Å². The molecule has 1 aliphatic heterocycles. The van der Waals surface area contributed by atoms with E-state index in [0.717, 1.165) is 51.3 Å². The van der Waals surface area contributed by atoms with Gasteiger partial charge in [0, 0.05) is 38.8 Å². The normalized spacial score (nSPS) is 17.5. The Morgan fingerprint density at radius 2 is 1.79 bits per heavy atom. The molecule has 1 heterocycles. The summed E-state index contributed by atoms with van der Waals surface area (Å²) in [6.45, 7) is 9.60. The number of carbonyl (C=O) groups excluding carboxylic acids is 1. The number of carbonyl (C=O) groups is 1. The molecular formula is C19H31N3O2. The molecule has 5 heteroatoms. The van der Waals surface area contributed by atoms with E-state index in [1.165, 1.54) is 5.56 Å². The van der Waals surface area contributed by atoms with Gasteiger partial charge in [0.2, 0.25) is 5.91 Å². The Kier molecular flexibility index (Phi) is 7.53. The molecule has 0 unspecified atom stereocenters. The second kappa shape index (κ2) is 9.64. The smallest absolute Gasteiger partial charge is 0.234 e. The van der Waals surface area contributed by atoms with Gasteiger partial charge in [-0.2, -0.15) is 0 Å². The van der Waals surface area contributed by atoms with Crippen LogP contribution < -0.4 is 10.1 Å². The van der Waals surface area contributed by atoms with E-state index in [9.17, 15) is 4.79 Å². The van der Waals surface area contributed by atoms with E-state index >= 15 is 0 Å². The third kappa shape index (κ3) is 6.13. The standard InChI is InChI=1S/C19H31N3O2/c1-4-5-16(2)20-19(23)15-22-12-10-21(11-13-22)14-17-6-8-18(24-3)9-7-17/h6-9,16H,4-5,10-15H2,1-3H3,(H,20,23)/t16-/m1/s1. The average molecular weight is 333 g/mol. The van der Waals surface area contributed by atoms with Crippen molar-refractivity contribution in [2.24, 2.45) is 0 Å². The zero-order valence-corrected chi connectivity index (χ0v) is 15.3. The number of piperazine rings is 1. The second-order valence-corrected chi connectivity index (χ2v) is 6.66. The van der Waals surface area contributed by atoms with E-state index in [-0.39, 0.29) is 11.9 Å². The van der Waals surface area contributed by atoms with Gasteiger partial charge in [-0.1, -0.05) is 25.5 Å². The number of rotatable bonds is 8. The van der Waals surface area contributed by atoms with Crippen molar-refractivity contribution in [1.82, 2.24) is 15.1 Å². The lowest BCUT2D eigenvalue weighted by molar-refractivity contribution is -0.123. The van der Waals surface area contributed by atoms with Crippen molar-refractivity contribution in [3.8, 4) is 5.75 Å². The fourth-order valence-corrected chi connectivity index (χ4v) is 3.12. The van der Waals surface area contributed by atoms with Crippen molar-refractivity contribution in [1.29, 1.82) is 0 Å². The van der Waals surface area contributed by atoms with E-state index < -0.39 is 0 Å². The van der Waals surface area contributed by atoms with Gasteiger partial charge in [0.25, 0.3) is 0 Å². The van der Waals surface area contributed by atoms with Gasteiger partial charge in [-0.15, -0.1) is 0 Å². The molecular weight excluding hydrogens is 302 g/mol. The SMILES string of the molecule is CCC[C@@H](C)NC(=O)CN1CCN(Cc2ccc(OC)cc2)CC1.